The molecule has 2 N–H and O–H groups in total. The second-order valence-electron chi connectivity index (χ2n) is 4.87. The van der Waals surface area contributed by atoms with Crippen LogP contribution >= 0.6 is 0 Å². The molecule has 14 heavy (non-hydrogen) atoms. The molecule has 0 spiro atoms. The van der Waals surface area contributed by atoms with Gasteiger partial charge in [-0.15, -0.1) is 0 Å². The molecule has 1 aliphatic rings. The molecule has 0 aromatic heterocycles. The molecule has 0 amide bonds. The highest BCUT2D eigenvalue weighted by molar-refractivity contribution is 4.96. The Balaban J connectivity index is 2.32. The molecule has 0 aromatic carbocycles. The van der Waals surface area contributed by atoms with Gasteiger partial charge < -0.3 is 10.4 Å². The van der Waals surface area contributed by atoms with E-state index in [4.69, 9.17) is 0 Å². The number of rotatable bonds is 3. The van der Waals surface area contributed by atoms with Crippen molar-refractivity contribution in [3.05, 3.63) is 11.6 Å². The van der Waals surface area contributed by atoms with E-state index in [-0.39, 0.29) is 0 Å². The first-order valence-electron chi connectivity index (χ1n) is 5.61. The molecule has 2 atom stereocenters. The van der Waals surface area contributed by atoms with E-state index in [9.17, 15) is 5.11 Å². The maximum Gasteiger partial charge on any atom is 0.0775 e. The molecule has 1 saturated heterocycles. The Hall–Kier alpha value is -0.340. The van der Waals surface area contributed by atoms with Gasteiger partial charge in [-0.2, -0.15) is 0 Å². The lowest BCUT2D eigenvalue weighted by Gasteiger charge is -2.35. The molecule has 2 nitrogen and oxygen atoms in total. The highest BCUT2D eigenvalue weighted by Gasteiger charge is 2.30. The van der Waals surface area contributed by atoms with Crippen LogP contribution in [-0.2, 0) is 0 Å². The second kappa shape index (κ2) is 4.94. The van der Waals surface area contributed by atoms with Gasteiger partial charge in [0.05, 0.1) is 5.60 Å². The van der Waals surface area contributed by atoms with Crippen molar-refractivity contribution in [1.82, 2.24) is 5.32 Å². The molecule has 0 bridgehead atoms. The van der Waals surface area contributed by atoms with E-state index in [0.717, 1.165) is 32.2 Å². The molecule has 0 aliphatic carbocycles. The third-order valence-corrected chi connectivity index (χ3v) is 2.98. The normalized spacial score (nSPS) is 32.7. The van der Waals surface area contributed by atoms with Gasteiger partial charge in [0.15, 0.2) is 0 Å². The van der Waals surface area contributed by atoms with E-state index >= 15 is 0 Å². The van der Waals surface area contributed by atoms with Gasteiger partial charge in [0, 0.05) is 12.6 Å². The Bertz CT molecular complexity index is 198. The topological polar surface area (TPSA) is 32.3 Å². The molecule has 2 unspecified atom stereocenters. The fourth-order valence-corrected chi connectivity index (χ4v) is 1.88. The van der Waals surface area contributed by atoms with Gasteiger partial charge in [-0.3, -0.25) is 0 Å². The molecule has 1 rings (SSSR count). The molecule has 82 valence electrons. The van der Waals surface area contributed by atoms with Gasteiger partial charge in [-0.1, -0.05) is 11.6 Å². The van der Waals surface area contributed by atoms with Crippen molar-refractivity contribution in [2.75, 3.05) is 6.54 Å². The monoisotopic (exact) mass is 197 g/mol. The van der Waals surface area contributed by atoms with Gasteiger partial charge in [0.2, 0.25) is 0 Å². The minimum Gasteiger partial charge on any atom is -0.389 e. The van der Waals surface area contributed by atoms with Crippen molar-refractivity contribution in [2.24, 2.45) is 0 Å². The molecule has 1 aliphatic heterocycles. The summed E-state index contributed by atoms with van der Waals surface area (Å²) < 4.78 is 0. The Morgan fingerprint density at radius 2 is 2.29 bits per heavy atom. The molecule has 0 saturated carbocycles. The molecule has 1 fully saturated rings. The third kappa shape index (κ3) is 3.81. The smallest absolute Gasteiger partial charge is 0.0775 e. The van der Waals surface area contributed by atoms with Crippen molar-refractivity contribution < 1.29 is 5.11 Å². The van der Waals surface area contributed by atoms with Crippen LogP contribution < -0.4 is 5.32 Å². The first-order chi connectivity index (χ1) is 6.52. The van der Waals surface area contributed by atoms with Crippen LogP contribution in [0, 0.1) is 0 Å². The summed E-state index contributed by atoms with van der Waals surface area (Å²) in [4.78, 5) is 0. The van der Waals surface area contributed by atoms with Gasteiger partial charge in [-0.05, 0) is 46.5 Å². The predicted molar refractivity (Wildman–Crippen MR) is 60.3 cm³/mol. The molecular weight excluding hydrogens is 174 g/mol. The number of allylic oxidation sites excluding steroid dienone is 2. The number of aliphatic hydroxyl groups is 1. The van der Waals surface area contributed by atoms with Gasteiger partial charge in [-0.25, -0.2) is 0 Å². The Kier molecular flexibility index (Phi) is 4.14. The van der Waals surface area contributed by atoms with Crippen molar-refractivity contribution >= 4 is 0 Å². The fraction of sp³-hybridized carbons (Fsp3) is 0.833. The van der Waals surface area contributed by atoms with Crippen LogP contribution in [-0.4, -0.2) is 23.3 Å². The first kappa shape index (κ1) is 11.7. The van der Waals surface area contributed by atoms with Crippen molar-refractivity contribution in [3.8, 4) is 0 Å². The Morgan fingerprint density at radius 3 is 2.79 bits per heavy atom. The van der Waals surface area contributed by atoms with Crippen LogP contribution in [0.1, 0.15) is 46.5 Å². The van der Waals surface area contributed by atoms with Gasteiger partial charge in [0.25, 0.3) is 0 Å². The minimum atomic E-state index is -0.460. The van der Waals surface area contributed by atoms with Crippen molar-refractivity contribution in [2.45, 2.75) is 58.1 Å². The zero-order chi connectivity index (χ0) is 10.6. The zero-order valence-corrected chi connectivity index (χ0v) is 9.64. The van der Waals surface area contributed by atoms with Crippen LogP contribution in [0.25, 0.3) is 0 Å². The summed E-state index contributed by atoms with van der Waals surface area (Å²) in [6, 6.07) is 0.568. The quantitative estimate of drug-likeness (QED) is 0.680. The average Bonchev–Trinajstić information content (AvgIpc) is 2.10. The van der Waals surface area contributed by atoms with Gasteiger partial charge in [0.1, 0.15) is 0 Å². The van der Waals surface area contributed by atoms with Crippen LogP contribution in [0.15, 0.2) is 11.6 Å². The zero-order valence-electron chi connectivity index (χ0n) is 9.64. The Labute approximate surface area is 87.4 Å². The van der Waals surface area contributed by atoms with E-state index < -0.39 is 5.60 Å². The standard InChI is InChI=1S/C12H23NO/c1-10(2)5-4-7-12(14)8-6-11(3)13-9-12/h5,11,13-14H,4,6-9H2,1-3H3. The minimum absolute atomic E-state index is 0.460. The fourth-order valence-electron chi connectivity index (χ4n) is 1.88. The summed E-state index contributed by atoms with van der Waals surface area (Å²) >= 11 is 0. The summed E-state index contributed by atoms with van der Waals surface area (Å²) in [7, 11) is 0. The summed E-state index contributed by atoms with van der Waals surface area (Å²) in [6.07, 6.45) is 6.12. The number of nitrogens with one attached hydrogen (secondary N) is 1. The lowest BCUT2D eigenvalue weighted by atomic mass is 9.87. The van der Waals surface area contributed by atoms with Crippen LogP contribution in [0.5, 0.6) is 0 Å². The molecule has 0 radical (unpaired) electrons. The van der Waals surface area contributed by atoms with E-state index in [0.29, 0.717) is 6.04 Å². The summed E-state index contributed by atoms with van der Waals surface area (Å²) in [5.74, 6) is 0. The summed E-state index contributed by atoms with van der Waals surface area (Å²) in [6.45, 7) is 7.14. The molecule has 0 aromatic rings. The Morgan fingerprint density at radius 1 is 1.57 bits per heavy atom. The van der Waals surface area contributed by atoms with Crippen LogP contribution in [0.4, 0.5) is 0 Å². The maximum absolute atomic E-state index is 10.2. The summed E-state index contributed by atoms with van der Waals surface area (Å²) in [5.41, 5.74) is 0.879. The lowest BCUT2D eigenvalue weighted by molar-refractivity contribution is 0.00132. The highest BCUT2D eigenvalue weighted by Crippen LogP contribution is 2.24. The van der Waals surface area contributed by atoms with E-state index in [1.165, 1.54) is 5.57 Å². The van der Waals surface area contributed by atoms with Crippen LogP contribution in [0.2, 0.25) is 0 Å². The summed E-state index contributed by atoms with van der Waals surface area (Å²) in [5, 5.41) is 13.6. The van der Waals surface area contributed by atoms with Crippen molar-refractivity contribution in [1.29, 1.82) is 0 Å². The number of hydrogen-bond donors (Lipinski definition) is 2. The maximum atomic E-state index is 10.2. The SMILES string of the molecule is CC(C)=CCCC1(O)CCC(C)NC1. The van der Waals surface area contributed by atoms with E-state index in [2.05, 4.69) is 32.2 Å². The molecule has 2 heteroatoms. The largest absolute Gasteiger partial charge is 0.389 e. The van der Waals surface area contributed by atoms with E-state index in [1.807, 2.05) is 0 Å². The van der Waals surface area contributed by atoms with Gasteiger partial charge >= 0.3 is 0 Å². The molecule has 1 heterocycles. The second-order valence-corrected chi connectivity index (χ2v) is 4.87. The van der Waals surface area contributed by atoms with Crippen molar-refractivity contribution in [3.63, 3.8) is 0 Å². The average molecular weight is 197 g/mol. The molecular formula is C12H23NO. The predicted octanol–water partition coefficient (Wildman–Crippen LogP) is 2.24. The van der Waals surface area contributed by atoms with Crippen LogP contribution in [0.3, 0.4) is 0 Å². The lowest BCUT2D eigenvalue weighted by Crippen LogP contribution is -2.49. The third-order valence-electron chi connectivity index (χ3n) is 2.98. The number of piperidine rings is 1. The number of β-amino-alcohol motifs (C(OH)–C–C–N with tert-alkyl or cyclic N) is 1. The highest BCUT2D eigenvalue weighted by atomic mass is 16.3. The van der Waals surface area contributed by atoms with E-state index in [1.54, 1.807) is 0 Å². The first-order valence-corrected chi connectivity index (χ1v) is 5.61. The number of hydrogen-bond acceptors (Lipinski definition) is 2.